The van der Waals surface area contributed by atoms with E-state index < -0.39 is 11.8 Å². The molecule has 0 aliphatic carbocycles. The third kappa shape index (κ3) is 2.60. The topological polar surface area (TPSA) is 57.5 Å². The minimum Gasteiger partial charge on any atom is -0.508 e. The van der Waals surface area contributed by atoms with E-state index in [1.165, 1.54) is 30.3 Å². The summed E-state index contributed by atoms with van der Waals surface area (Å²) in [4.78, 5) is 10.8. The van der Waals surface area contributed by atoms with Gasteiger partial charge in [-0.1, -0.05) is 11.6 Å². The first-order chi connectivity index (χ1) is 8.45. The monoisotopic (exact) mass is 266 g/mol. The number of aromatic hydroxyl groups is 1. The van der Waals surface area contributed by atoms with E-state index in [2.05, 4.69) is 0 Å². The summed E-state index contributed by atoms with van der Waals surface area (Å²) < 4.78 is 13.3. The van der Waals surface area contributed by atoms with Crippen LogP contribution in [0, 0.1) is 5.82 Å². The smallest absolute Gasteiger partial charge is 0.335 e. The molecule has 0 amide bonds. The van der Waals surface area contributed by atoms with Crippen molar-refractivity contribution < 1.29 is 19.4 Å². The molecule has 92 valence electrons. The van der Waals surface area contributed by atoms with Crippen LogP contribution in [0.1, 0.15) is 10.4 Å². The van der Waals surface area contributed by atoms with Gasteiger partial charge in [-0.3, -0.25) is 0 Å². The van der Waals surface area contributed by atoms with Gasteiger partial charge in [-0.05, 0) is 47.5 Å². The second-order valence-corrected chi connectivity index (χ2v) is 4.17. The van der Waals surface area contributed by atoms with Crippen molar-refractivity contribution >= 4 is 17.6 Å². The maximum atomic E-state index is 13.3. The molecule has 0 saturated heterocycles. The van der Waals surface area contributed by atoms with E-state index in [-0.39, 0.29) is 16.3 Å². The fraction of sp³-hybridized carbons (Fsp3) is 0. The molecule has 0 bridgehead atoms. The van der Waals surface area contributed by atoms with Crippen molar-refractivity contribution in [1.82, 2.24) is 0 Å². The highest BCUT2D eigenvalue weighted by molar-refractivity contribution is 6.31. The lowest BCUT2D eigenvalue weighted by Crippen LogP contribution is -1.97. The Bertz CT molecular complexity index is 605. The molecule has 0 fully saturated rings. The average molecular weight is 267 g/mol. The van der Waals surface area contributed by atoms with Gasteiger partial charge in [-0.2, -0.15) is 0 Å². The lowest BCUT2D eigenvalue weighted by molar-refractivity contribution is 0.0696. The van der Waals surface area contributed by atoms with E-state index in [0.29, 0.717) is 11.1 Å². The predicted molar refractivity (Wildman–Crippen MR) is 65.5 cm³/mol. The number of carbonyl (C=O) groups is 1. The molecule has 0 aliphatic heterocycles. The van der Waals surface area contributed by atoms with Crippen molar-refractivity contribution in [1.29, 1.82) is 0 Å². The summed E-state index contributed by atoms with van der Waals surface area (Å²) in [5.74, 6) is -1.95. The Morgan fingerprint density at radius 1 is 1.06 bits per heavy atom. The van der Waals surface area contributed by atoms with E-state index in [1.807, 2.05) is 0 Å². The number of hydrogen-bond acceptors (Lipinski definition) is 2. The fourth-order valence-electron chi connectivity index (χ4n) is 1.62. The van der Waals surface area contributed by atoms with E-state index in [9.17, 15) is 14.3 Å². The van der Waals surface area contributed by atoms with Crippen LogP contribution in [0.3, 0.4) is 0 Å². The Morgan fingerprint density at radius 2 is 1.72 bits per heavy atom. The van der Waals surface area contributed by atoms with Crippen LogP contribution in [-0.4, -0.2) is 16.2 Å². The summed E-state index contributed by atoms with van der Waals surface area (Å²) >= 11 is 5.77. The zero-order valence-corrected chi connectivity index (χ0v) is 9.78. The van der Waals surface area contributed by atoms with E-state index in [1.54, 1.807) is 0 Å². The number of carboxylic acids is 1. The van der Waals surface area contributed by atoms with Gasteiger partial charge in [0.15, 0.2) is 0 Å². The first-order valence-corrected chi connectivity index (χ1v) is 5.37. The van der Waals surface area contributed by atoms with Gasteiger partial charge in [0.2, 0.25) is 0 Å². The van der Waals surface area contributed by atoms with Crippen LogP contribution in [0.5, 0.6) is 5.75 Å². The van der Waals surface area contributed by atoms with Gasteiger partial charge >= 0.3 is 5.97 Å². The van der Waals surface area contributed by atoms with Crippen LogP contribution in [0.15, 0.2) is 36.4 Å². The third-order valence-corrected chi connectivity index (χ3v) is 2.58. The normalized spacial score (nSPS) is 10.3. The molecule has 18 heavy (non-hydrogen) atoms. The van der Waals surface area contributed by atoms with Crippen molar-refractivity contribution in [2.75, 3.05) is 0 Å². The molecule has 3 nitrogen and oxygen atoms in total. The lowest BCUT2D eigenvalue weighted by Gasteiger charge is -2.05. The lowest BCUT2D eigenvalue weighted by atomic mass is 10.0. The van der Waals surface area contributed by atoms with E-state index >= 15 is 0 Å². The van der Waals surface area contributed by atoms with Crippen LogP contribution in [0.25, 0.3) is 11.1 Å². The number of carboxylic acid groups (broad SMARTS) is 1. The van der Waals surface area contributed by atoms with E-state index in [4.69, 9.17) is 16.7 Å². The Hall–Kier alpha value is -2.07. The summed E-state index contributed by atoms with van der Waals surface area (Å²) in [6, 6.07) is 7.65. The molecule has 0 heterocycles. The van der Waals surface area contributed by atoms with Crippen molar-refractivity contribution in [3.63, 3.8) is 0 Å². The van der Waals surface area contributed by atoms with Gasteiger partial charge in [-0.25, -0.2) is 9.18 Å². The molecule has 0 aliphatic rings. The third-order valence-electron chi connectivity index (χ3n) is 2.36. The summed E-state index contributed by atoms with van der Waals surface area (Å²) in [5, 5.41) is 18.5. The van der Waals surface area contributed by atoms with Crippen LogP contribution in [-0.2, 0) is 0 Å². The van der Waals surface area contributed by atoms with Gasteiger partial charge < -0.3 is 10.2 Å². The molecule has 0 unspecified atom stereocenters. The van der Waals surface area contributed by atoms with Gasteiger partial charge in [0.25, 0.3) is 0 Å². The van der Waals surface area contributed by atoms with Crippen LogP contribution >= 0.6 is 11.6 Å². The van der Waals surface area contributed by atoms with Gasteiger partial charge in [0.05, 0.1) is 5.56 Å². The standard InChI is InChI=1S/C13H8ClFO3/c14-10-2-8(5-12(16)6-10)7-1-9(13(17)18)4-11(15)3-7/h1-6,16H,(H,17,18). The highest BCUT2D eigenvalue weighted by atomic mass is 35.5. The molecule has 2 aromatic carbocycles. The fourth-order valence-corrected chi connectivity index (χ4v) is 1.85. The number of rotatable bonds is 2. The van der Waals surface area contributed by atoms with Gasteiger partial charge in [-0.15, -0.1) is 0 Å². The molecule has 0 radical (unpaired) electrons. The van der Waals surface area contributed by atoms with Gasteiger partial charge in [0.1, 0.15) is 11.6 Å². The number of halogens is 2. The zero-order valence-electron chi connectivity index (χ0n) is 9.02. The SMILES string of the molecule is O=C(O)c1cc(F)cc(-c2cc(O)cc(Cl)c2)c1. The Kier molecular flexibility index (Phi) is 3.21. The Morgan fingerprint density at radius 3 is 2.33 bits per heavy atom. The molecule has 0 aromatic heterocycles. The average Bonchev–Trinajstić information content (AvgIpc) is 2.26. The molecule has 2 aromatic rings. The maximum absolute atomic E-state index is 13.3. The summed E-state index contributed by atoms with van der Waals surface area (Å²) in [7, 11) is 0. The first-order valence-electron chi connectivity index (χ1n) is 4.99. The molecule has 0 saturated carbocycles. The number of phenols is 1. The van der Waals surface area contributed by atoms with Crippen molar-refractivity contribution in [3.05, 3.63) is 52.8 Å². The number of hydrogen-bond donors (Lipinski definition) is 2. The quantitative estimate of drug-likeness (QED) is 0.874. The largest absolute Gasteiger partial charge is 0.508 e. The minimum absolute atomic E-state index is 0.0707. The predicted octanol–water partition coefficient (Wildman–Crippen LogP) is 3.55. The van der Waals surface area contributed by atoms with Crippen molar-refractivity contribution in [3.8, 4) is 16.9 Å². The maximum Gasteiger partial charge on any atom is 0.335 e. The summed E-state index contributed by atoms with van der Waals surface area (Å²) in [5.41, 5.74) is 0.622. The number of aromatic carboxylic acids is 1. The highest BCUT2D eigenvalue weighted by Gasteiger charge is 2.09. The van der Waals surface area contributed by atoms with Crippen molar-refractivity contribution in [2.45, 2.75) is 0 Å². The second-order valence-electron chi connectivity index (χ2n) is 3.73. The van der Waals surface area contributed by atoms with E-state index in [0.717, 1.165) is 6.07 Å². The summed E-state index contributed by atoms with van der Waals surface area (Å²) in [6.07, 6.45) is 0. The van der Waals surface area contributed by atoms with Crippen LogP contribution in [0.4, 0.5) is 4.39 Å². The van der Waals surface area contributed by atoms with Crippen LogP contribution < -0.4 is 0 Å². The van der Waals surface area contributed by atoms with Crippen LogP contribution in [0.2, 0.25) is 5.02 Å². The second kappa shape index (κ2) is 4.66. The molecule has 2 N–H and O–H groups in total. The first kappa shape index (κ1) is 12.4. The molecular weight excluding hydrogens is 259 g/mol. The zero-order chi connectivity index (χ0) is 13.3. The number of benzene rings is 2. The molecule has 0 atom stereocenters. The molecule has 0 spiro atoms. The minimum atomic E-state index is -1.22. The Balaban J connectivity index is 2.59. The molecule has 2 rings (SSSR count). The highest BCUT2D eigenvalue weighted by Crippen LogP contribution is 2.29. The van der Waals surface area contributed by atoms with Crippen molar-refractivity contribution in [2.24, 2.45) is 0 Å². The molecule has 5 heteroatoms. The summed E-state index contributed by atoms with van der Waals surface area (Å²) in [6.45, 7) is 0. The molecular formula is C13H8ClFO3. The number of phenolic OH excluding ortho intramolecular Hbond substituents is 1. The Labute approximate surface area is 107 Å². The van der Waals surface area contributed by atoms with Gasteiger partial charge in [0, 0.05) is 5.02 Å².